The van der Waals surface area contributed by atoms with Gasteiger partial charge in [0.25, 0.3) is 5.91 Å². The first kappa shape index (κ1) is 31.6. The van der Waals surface area contributed by atoms with Gasteiger partial charge in [-0.25, -0.2) is 9.97 Å². The first-order valence-electron chi connectivity index (χ1n) is 15.7. The molecule has 3 N–H and O–H groups in total. The minimum Gasteiger partial charge on any atom is -0.392 e. The van der Waals surface area contributed by atoms with Gasteiger partial charge >= 0.3 is 0 Å². The van der Waals surface area contributed by atoms with Gasteiger partial charge in [-0.05, 0) is 52.1 Å². The molecule has 6 aromatic rings. The summed E-state index contributed by atoms with van der Waals surface area (Å²) in [6.45, 7) is 2.47. The van der Waals surface area contributed by atoms with Gasteiger partial charge in [-0.2, -0.15) is 5.10 Å². The Labute approximate surface area is 282 Å². The molecule has 1 fully saturated rings. The molecule has 3 heterocycles. The molecule has 1 aliphatic rings. The Morgan fingerprint density at radius 3 is 2.46 bits per heavy atom. The number of aromatic nitrogens is 5. The van der Waals surface area contributed by atoms with Crippen molar-refractivity contribution < 1.29 is 19.4 Å². The Balaban J connectivity index is 1.09. The van der Waals surface area contributed by atoms with Crippen LogP contribution in [0.5, 0.6) is 0 Å². The molecule has 0 radical (unpaired) electrons. The number of benzene rings is 4. The second-order valence-corrected chi connectivity index (χ2v) is 12.7. The number of aromatic amines is 1. The number of hydrogen-bond acceptors (Lipinski definition) is 9. The number of ether oxygens (including phenoxy) is 2. The van der Waals surface area contributed by atoms with Crippen LogP contribution >= 0.6 is 11.8 Å². The zero-order valence-corrected chi connectivity index (χ0v) is 27.0. The quantitative estimate of drug-likeness (QED) is 0.143. The summed E-state index contributed by atoms with van der Waals surface area (Å²) in [5.41, 5.74) is 7.45. The van der Waals surface area contributed by atoms with Crippen LogP contribution in [0.1, 0.15) is 52.1 Å². The van der Waals surface area contributed by atoms with E-state index in [0.717, 1.165) is 44.1 Å². The average Bonchev–Trinajstić information content (AvgIpc) is 3.67. The van der Waals surface area contributed by atoms with E-state index in [0.29, 0.717) is 17.8 Å². The van der Waals surface area contributed by atoms with Crippen molar-refractivity contribution in [2.75, 3.05) is 5.75 Å². The maximum absolute atomic E-state index is 12.9. The van der Waals surface area contributed by atoms with Crippen LogP contribution in [0.3, 0.4) is 0 Å². The van der Waals surface area contributed by atoms with Gasteiger partial charge < -0.3 is 19.9 Å². The van der Waals surface area contributed by atoms with Gasteiger partial charge in [0.15, 0.2) is 11.4 Å². The first-order chi connectivity index (χ1) is 23.5. The lowest BCUT2D eigenvalue weighted by molar-refractivity contribution is -0.268. The summed E-state index contributed by atoms with van der Waals surface area (Å²) < 4.78 is 13.3. The SMILES string of the molecule is C[C@@H]1[C@H](CSc2ncn[nH]2)O[C@H](c2cccc(-c3cccc(CNC(=O)c4cnc5ccccc5n4)c3)c2)O[C@@H]1c1ccc(CO)cc1. The topological polar surface area (TPSA) is 135 Å². The van der Waals surface area contributed by atoms with Gasteiger partial charge in [-0.3, -0.25) is 14.9 Å². The number of rotatable bonds is 10. The van der Waals surface area contributed by atoms with E-state index in [-0.39, 0.29) is 36.3 Å². The summed E-state index contributed by atoms with van der Waals surface area (Å²) in [5.74, 6) is 0.435. The van der Waals surface area contributed by atoms with E-state index in [9.17, 15) is 9.90 Å². The summed E-state index contributed by atoms with van der Waals surface area (Å²) >= 11 is 1.56. The number of fused-ring (bicyclic) bond motifs is 1. The number of aliphatic hydroxyl groups is 1. The second-order valence-electron chi connectivity index (χ2n) is 11.7. The summed E-state index contributed by atoms with van der Waals surface area (Å²) in [6, 6.07) is 31.6. The van der Waals surface area contributed by atoms with Crippen molar-refractivity contribution >= 4 is 28.7 Å². The number of aliphatic hydroxyl groups excluding tert-OH is 1. The molecule has 4 atom stereocenters. The predicted molar refractivity (Wildman–Crippen MR) is 183 cm³/mol. The van der Waals surface area contributed by atoms with Crippen LogP contribution in [-0.4, -0.2) is 48.0 Å². The Morgan fingerprint density at radius 2 is 1.67 bits per heavy atom. The highest BCUT2D eigenvalue weighted by molar-refractivity contribution is 7.99. The summed E-state index contributed by atoms with van der Waals surface area (Å²) in [5, 5.41) is 20.2. The fourth-order valence-electron chi connectivity index (χ4n) is 5.80. The third kappa shape index (κ3) is 7.14. The maximum atomic E-state index is 12.9. The van der Waals surface area contributed by atoms with Crippen molar-refractivity contribution in [3.05, 3.63) is 138 Å². The number of H-pyrrole nitrogens is 1. The summed E-state index contributed by atoms with van der Waals surface area (Å²) in [6.07, 6.45) is 2.04. The molecule has 4 aromatic carbocycles. The Kier molecular flexibility index (Phi) is 9.53. The van der Waals surface area contributed by atoms with Crippen LogP contribution in [0.2, 0.25) is 0 Å². The van der Waals surface area contributed by atoms with E-state index in [1.54, 1.807) is 11.8 Å². The highest BCUT2D eigenvalue weighted by Crippen LogP contribution is 2.43. The molecule has 2 aromatic heterocycles. The molecule has 0 bridgehead atoms. The lowest BCUT2D eigenvalue weighted by Crippen LogP contribution is -2.38. The van der Waals surface area contributed by atoms with Gasteiger partial charge in [-0.1, -0.05) is 91.5 Å². The van der Waals surface area contributed by atoms with Gasteiger partial charge in [-0.15, -0.1) is 0 Å². The van der Waals surface area contributed by atoms with E-state index in [1.807, 2.05) is 78.9 Å². The van der Waals surface area contributed by atoms with Crippen LogP contribution in [-0.2, 0) is 22.6 Å². The standard InChI is InChI=1S/C37H34N6O4S/c1-23-33(21-48-37-40-22-41-43-37)46-36(47-34(23)26-14-12-24(20-44)13-15-26)29-9-5-8-28(17-29)27-7-4-6-25(16-27)18-39-35(45)32-19-38-30-10-2-3-11-31(30)42-32/h2-17,19,22-23,33-34,36,44H,18,20-21H2,1H3,(H,39,45)(H,40,41,43)/t23-,33+,34+,36+/m1/s1. The fourth-order valence-corrected chi connectivity index (χ4v) is 6.74. The van der Waals surface area contributed by atoms with Crippen LogP contribution in [0.25, 0.3) is 22.2 Å². The lowest BCUT2D eigenvalue weighted by Gasteiger charge is -2.41. The van der Waals surface area contributed by atoms with Gasteiger partial charge in [0, 0.05) is 23.8 Å². The van der Waals surface area contributed by atoms with Crippen LogP contribution in [0.4, 0.5) is 0 Å². The lowest BCUT2D eigenvalue weighted by atomic mass is 9.91. The molecule has 0 unspecified atom stereocenters. The number of nitrogens with one attached hydrogen (secondary N) is 2. The molecular weight excluding hydrogens is 625 g/mol. The smallest absolute Gasteiger partial charge is 0.271 e. The van der Waals surface area contributed by atoms with Crippen LogP contribution < -0.4 is 5.32 Å². The minimum atomic E-state index is -0.602. The summed E-state index contributed by atoms with van der Waals surface area (Å²) in [7, 11) is 0. The van der Waals surface area contributed by atoms with Crippen LogP contribution in [0, 0.1) is 5.92 Å². The molecule has 10 nitrogen and oxygen atoms in total. The minimum absolute atomic E-state index is 0.0109. The summed E-state index contributed by atoms with van der Waals surface area (Å²) in [4.78, 5) is 26.0. The highest BCUT2D eigenvalue weighted by atomic mass is 32.2. The van der Waals surface area contributed by atoms with Crippen molar-refractivity contribution in [1.29, 1.82) is 0 Å². The maximum Gasteiger partial charge on any atom is 0.271 e. The molecule has 242 valence electrons. The number of carbonyl (C=O) groups is 1. The van der Waals surface area contributed by atoms with Crippen molar-refractivity contribution in [2.24, 2.45) is 5.92 Å². The van der Waals surface area contributed by atoms with Crippen molar-refractivity contribution in [2.45, 2.75) is 43.7 Å². The number of hydrogen-bond donors (Lipinski definition) is 3. The molecule has 1 aliphatic heterocycles. The molecule has 7 rings (SSSR count). The molecule has 1 saturated heterocycles. The zero-order valence-electron chi connectivity index (χ0n) is 26.2. The molecule has 1 amide bonds. The molecule has 0 saturated carbocycles. The third-order valence-electron chi connectivity index (χ3n) is 8.45. The largest absolute Gasteiger partial charge is 0.392 e. The second kappa shape index (κ2) is 14.4. The van der Waals surface area contributed by atoms with Gasteiger partial charge in [0.2, 0.25) is 0 Å². The Morgan fingerprint density at radius 1 is 0.875 bits per heavy atom. The van der Waals surface area contributed by atoms with E-state index < -0.39 is 6.29 Å². The number of amides is 1. The number of thioether (sulfide) groups is 1. The molecule has 11 heteroatoms. The Hall–Kier alpha value is -4.94. The first-order valence-corrected chi connectivity index (χ1v) is 16.7. The van der Waals surface area contributed by atoms with Crippen LogP contribution in [0.15, 0.2) is 115 Å². The average molecular weight is 659 g/mol. The molecular formula is C37H34N6O4S. The monoisotopic (exact) mass is 658 g/mol. The predicted octanol–water partition coefficient (Wildman–Crippen LogP) is 6.42. The normalized spacial score (nSPS) is 19.3. The fraction of sp³-hybridized carbons (Fsp3) is 0.216. The number of carbonyl (C=O) groups excluding carboxylic acids is 1. The molecule has 48 heavy (non-hydrogen) atoms. The highest BCUT2D eigenvalue weighted by Gasteiger charge is 2.38. The van der Waals surface area contributed by atoms with E-state index in [4.69, 9.17) is 9.47 Å². The van der Waals surface area contributed by atoms with Crippen molar-refractivity contribution in [1.82, 2.24) is 30.5 Å². The van der Waals surface area contributed by atoms with Gasteiger partial charge in [0.05, 0.1) is 36.0 Å². The van der Waals surface area contributed by atoms with Crippen molar-refractivity contribution in [3.63, 3.8) is 0 Å². The molecule has 0 aliphatic carbocycles. The van der Waals surface area contributed by atoms with Gasteiger partial charge in [0.1, 0.15) is 12.0 Å². The van der Waals surface area contributed by atoms with E-state index in [2.05, 4.69) is 55.6 Å². The number of para-hydroxylation sites is 2. The Bertz CT molecular complexity index is 2010. The van der Waals surface area contributed by atoms with Crippen molar-refractivity contribution in [3.8, 4) is 11.1 Å². The zero-order chi connectivity index (χ0) is 32.9. The van der Waals surface area contributed by atoms with E-state index in [1.165, 1.54) is 12.5 Å². The molecule has 0 spiro atoms. The number of nitrogens with zero attached hydrogens (tertiary/aromatic N) is 4. The van der Waals surface area contributed by atoms with E-state index >= 15 is 0 Å². The third-order valence-corrected chi connectivity index (χ3v) is 9.42.